The van der Waals surface area contributed by atoms with Crippen molar-refractivity contribution in [3.8, 4) is 0 Å². The zero-order valence-corrected chi connectivity index (χ0v) is 9.61. The quantitative estimate of drug-likeness (QED) is 0.780. The average molecular weight is 217 g/mol. The van der Waals surface area contributed by atoms with Crippen LogP contribution in [-0.4, -0.2) is 19.8 Å². The van der Waals surface area contributed by atoms with Gasteiger partial charge < -0.3 is 10.1 Å². The molecule has 0 saturated carbocycles. The summed E-state index contributed by atoms with van der Waals surface area (Å²) in [6, 6.07) is 8.79. The number of rotatable bonds is 1. The van der Waals surface area contributed by atoms with Crippen LogP contribution in [0, 0.1) is 5.92 Å². The maximum absolute atomic E-state index is 5.46. The molecule has 1 aromatic rings. The van der Waals surface area contributed by atoms with E-state index in [1.54, 1.807) is 0 Å². The molecule has 1 atom stereocenters. The van der Waals surface area contributed by atoms with Gasteiger partial charge in [0.25, 0.3) is 0 Å². The van der Waals surface area contributed by atoms with Gasteiger partial charge in [-0.2, -0.15) is 0 Å². The zero-order valence-electron chi connectivity index (χ0n) is 9.61. The summed E-state index contributed by atoms with van der Waals surface area (Å²) in [5.74, 6) is 1.58. The summed E-state index contributed by atoms with van der Waals surface area (Å²) in [6.45, 7) is 3.03. The minimum atomic E-state index is 0.751. The Hall–Kier alpha value is -1.02. The minimum Gasteiger partial charge on any atom is -0.385 e. The van der Waals surface area contributed by atoms with Gasteiger partial charge in [0.1, 0.15) is 0 Å². The molecule has 0 radical (unpaired) electrons. The van der Waals surface area contributed by atoms with E-state index in [9.17, 15) is 0 Å². The number of hydrogen-bond acceptors (Lipinski definition) is 2. The van der Waals surface area contributed by atoms with Crippen molar-refractivity contribution < 1.29 is 4.74 Å². The zero-order chi connectivity index (χ0) is 10.8. The molecule has 2 heterocycles. The second kappa shape index (κ2) is 4.46. The lowest BCUT2D eigenvalue weighted by Gasteiger charge is -2.35. The summed E-state index contributed by atoms with van der Waals surface area (Å²) >= 11 is 0. The molecule has 1 N–H and O–H groups in total. The molecule has 86 valence electrons. The topological polar surface area (TPSA) is 21.3 Å². The van der Waals surface area contributed by atoms with Gasteiger partial charge in [-0.25, -0.2) is 0 Å². The fraction of sp³-hybridized carbons (Fsp3) is 0.571. The summed E-state index contributed by atoms with van der Waals surface area (Å²) in [4.78, 5) is 0. The molecule has 0 spiro atoms. The van der Waals surface area contributed by atoms with Crippen molar-refractivity contribution in [2.75, 3.05) is 25.1 Å². The highest BCUT2D eigenvalue weighted by atomic mass is 16.5. The van der Waals surface area contributed by atoms with Gasteiger partial charge in [0, 0.05) is 25.4 Å². The molecule has 1 fully saturated rings. The Morgan fingerprint density at radius 2 is 1.88 bits per heavy atom. The number of hydrogen-bond donors (Lipinski definition) is 1. The summed E-state index contributed by atoms with van der Waals surface area (Å²) in [5, 5.41) is 3.50. The third-order valence-electron chi connectivity index (χ3n) is 3.97. The second-order valence-corrected chi connectivity index (χ2v) is 4.86. The Labute approximate surface area is 97.0 Å². The van der Waals surface area contributed by atoms with E-state index in [0.717, 1.165) is 31.6 Å². The Morgan fingerprint density at radius 1 is 1.06 bits per heavy atom. The molecule has 0 aliphatic carbocycles. The Balaban J connectivity index is 1.86. The average Bonchev–Trinajstić information content (AvgIpc) is 2.39. The van der Waals surface area contributed by atoms with E-state index in [1.807, 2.05) is 0 Å². The molecule has 2 aliphatic rings. The van der Waals surface area contributed by atoms with Crippen LogP contribution in [0.3, 0.4) is 0 Å². The van der Waals surface area contributed by atoms with Crippen LogP contribution in [0.1, 0.15) is 30.7 Å². The lowest BCUT2D eigenvalue weighted by molar-refractivity contribution is 0.0568. The van der Waals surface area contributed by atoms with Crippen molar-refractivity contribution in [3.05, 3.63) is 29.8 Å². The van der Waals surface area contributed by atoms with Crippen LogP contribution in [0.5, 0.6) is 0 Å². The fourth-order valence-electron chi connectivity index (χ4n) is 3.11. The molecular formula is C14H19NO. The van der Waals surface area contributed by atoms with E-state index in [0.29, 0.717) is 0 Å². The number of fused-ring (bicyclic) bond motifs is 1. The van der Waals surface area contributed by atoms with E-state index >= 15 is 0 Å². The molecule has 3 rings (SSSR count). The van der Waals surface area contributed by atoms with Gasteiger partial charge in [0.15, 0.2) is 0 Å². The van der Waals surface area contributed by atoms with Gasteiger partial charge in [0.05, 0.1) is 0 Å². The van der Waals surface area contributed by atoms with Crippen LogP contribution in [0.4, 0.5) is 5.69 Å². The van der Waals surface area contributed by atoms with Crippen molar-refractivity contribution in [1.29, 1.82) is 0 Å². The van der Waals surface area contributed by atoms with Crippen molar-refractivity contribution in [3.63, 3.8) is 0 Å². The molecule has 2 heteroatoms. The van der Waals surface area contributed by atoms with Crippen LogP contribution in [0.25, 0.3) is 0 Å². The summed E-state index contributed by atoms with van der Waals surface area (Å²) < 4.78 is 5.46. The Kier molecular flexibility index (Phi) is 2.83. The normalized spacial score (nSPS) is 25.9. The van der Waals surface area contributed by atoms with Gasteiger partial charge >= 0.3 is 0 Å². The summed E-state index contributed by atoms with van der Waals surface area (Å²) in [6.07, 6.45) is 3.75. The molecule has 0 amide bonds. The highest BCUT2D eigenvalue weighted by Crippen LogP contribution is 2.40. The van der Waals surface area contributed by atoms with E-state index in [4.69, 9.17) is 4.74 Å². The largest absolute Gasteiger partial charge is 0.385 e. The predicted octanol–water partition coefficient (Wildman–Crippen LogP) is 3.01. The first kappa shape index (κ1) is 10.2. The first-order valence-electron chi connectivity index (χ1n) is 6.36. The Morgan fingerprint density at radius 3 is 2.75 bits per heavy atom. The lowest BCUT2D eigenvalue weighted by Crippen LogP contribution is -2.27. The maximum Gasteiger partial charge on any atom is 0.0468 e. The smallest absolute Gasteiger partial charge is 0.0468 e. The number of para-hydroxylation sites is 1. The third kappa shape index (κ3) is 1.82. The van der Waals surface area contributed by atoms with Gasteiger partial charge in [-0.15, -0.1) is 0 Å². The van der Waals surface area contributed by atoms with Gasteiger partial charge in [0.2, 0.25) is 0 Å². The molecule has 16 heavy (non-hydrogen) atoms. The van der Waals surface area contributed by atoms with Crippen LogP contribution in [-0.2, 0) is 4.74 Å². The monoisotopic (exact) mass is 217 g/mol. The van der Waals surface area contributed by atoms with Crippen LogP contribution in [0.15, 0.2) is 24.3 Å². The molecule has 2 aliphatic heterocycles. The van der Waals surface area contributed by atoms with Crippen LogP contribution < -0.4 is 5.32 Å². The summed E-state index contributed by atoms with van der Waals surface area (Å²) in [5.41, 5.74) is 2.88. The number of anilines is 1. The van der Waals surface area contributed by atoms with Gasteiger partial charge in [-0.05, 0) is 42.7 Å². The molecule has 1 unspecified atom stereocenters. The molecule has 2 nitrogen and oxygen atoms in total. The first-order chi connectivity index (χ1) is 7.95. The van der Waals surface area contributed by atoms with Crippen molar-refractivity contribution >= 4 is 5.69 Å². The molecule has 1 aromatic carbocycles. The summed E-state index contributed by atoms with van der Waals surface area (Å²) in [7, 11) is 0. The fourth-order valence-corrected chi connectivity index (χ4v) is 3.11. The minimum absolute atomic E-state index is 0.751. The second-order valence-electron chi connectivity index (χ2n) is 4.86. The SMILES string of the molecule is c1ccc2c(c1)NCCC2C1CCOCC1. The van der Waals surface area contributed by atoms with Gasteiger partial charge in [-0.1, -0.05) is 18.2 Å². The van der Waals surface area contributed by atoms with Crippen molar-refractivity contribution in [2.45, 2.75) is 25.2 Å². The van der Waals surface area contributed by atoms with Crippen LogP contribution >= 0.6 is 0 Å². The predicted molar refractivity (Wildman–Crippen MR) is 65.8 cm³/mol. The maximum atomic E-state index is 5.46. The molecular weight excluding hydrogens is 198 g/mol. The molecule has 0 bridgehead atoms. The number of benzene rings is 1. The van der Waals surface area contributed by atoms with Crippen molar-refractivity contribution in [2.24, 2.45) is 5.92 Å². The number of nitrogens with one attached hydrogen (secondary N) is 1. The lowest BCUT2D eigenvalue weighted by atomic mass is 9.77. The third-order valence-corrected chi connectivity index (χ3v) is 3.97. The van der Waals surface area contributed by atoms with Gasteiger partial charge in [-0.3, -0.25) is 0 Å². The van der Waals surface area contributed by atoms with E-state index in [2.05, 4.69) is 29.6 Å². The van der Waals surface area contributed by atoms with Crippen molar-refractivity contribution in [1.82, 2.24) is 0 Å². The highest BCUT2D eigenvalue weighted by Gasteiger charge is 2.28. The first-order valence-corrected chi connectivity index (χ1v) is 6.36. The highest BCUT2D eigenvalue weighted by molar-refractivity contribution is 5.54. The Bertz CT molecular complexity index is 358. The van der Waals surface area contributed by atoms with E-state index < -0.39 is 0 Å². The van der Waals surface area contributed by atoms with E-state index in [-0.39, 0.29) is 0 Å². The van der Waals surface area contributed by atoms with Crippen LogP contribution in [0.2, 0.25) is 0 Å². The standard InChI is InChI=1S/C14H19NO/c1-2-4-14-13(3-1)12(5-8-15-14)11-6-9-16-10-7-11/h1-4,11-12,15H,5-10H2. The van der Waals surface area contributed by atoms with E-state index in [1.165, 1.54) is 30.5 Å². The number of ether oxygens (including phenoxy) is 1. The molecule has 0 aromatic heterocycles. The molecule has 1 saturated heterocycles.